The molecule has 1 atom stereocenters. The average Bonchev–Trinajstić information content (AvgIpc) is 2.98. The minimum atomic E-state index is -0.0543. The number of hydrogen-bond donors (Lipinski definition) is 2. The average molecular weight is 411 g/mol. The van der Waals surface area contributed by atoms with Crippen LogP contribution in [0, 0.1) is 6.92 Å². The van der Waals surface area contributed by atoms with Crippen molar-refractivity contribution in [3.8, 4) is 0 Å². The number of carbonyl (C=O) groups is 3. The van der Waals surface area contributed by atoms with E-state index >= 15 is 0 Å². The molecule has 8 heteroatoms. The van der Waals surface area contributed by atoms with E-state index in [1.807, 2.05) is 23.6 Å². The van der Waals surface area contributed by atoms with Gasteiger partial charge in [-0.25, -0.2) is 0 Å². The highest BCUT2D eigenvalue weighted by molar-refractivity contribution is 6.02. The number of hydrogen-bond acceptors (Lipinski definition) is 4. The minimum absolute atomic E-state index is 0. The van der Waals surface area contributed by atoms with Crippen molar-refractivity contribution in [1.82, 2.24) is 20.1 Å². The fourth-order valence-corrected chi connectivity index (χ4v) is 4.39. The smallest absolute Gasteiger partial charge is 0.270 e. The zero-order valence-corrected chi connectivity index (χ0v) is 17.8. The quantitative estimate of drug-likeness (QED) is 0.726. The number of nitrogens with one attached hydrogen (secondary N) is 2. The molecule has 0 bridgehead atoms. The van der Waals surface area contributed by atoms with E-state index in [1.54, 1.807) is 6.92 Å². The molecule has 3 rings (SSSR count). The van der Waals surface area contributed by atoms with E-state index in [4.69, 9.17) is 0 Å². The molecule has 2 saturated heterocycles. The molecule has 0 spiro atoms. The van der Waals surface area contributed by atoms with Gasteiger partial charge >= 0.3 is 0 Å². The molecule has 0 radical (unpaired) electrons. The zero-order valence-electron chi connectivity index (χ0n) is 17.0. The number of aryl methyl sites for hydroxylation is 1. The van der Waals surface area contributed by atoms with Gasteiger partial charge in [-0.15, -0.1) is 12.4 Å². The van der Waals surface area contributed by atoms with Crippen LogP contribution in [0.3, 0.4) is 0 Å². The van der Waals surface area contributed by atoms with Crippen molar-refractivity contribution >= 4 is 30.0 Å². The van der Waals surface area contributed by atoms with Gasteiger partial charge in [-0.3, -0.25) is 14.4 Å². The van der Waals surface area contributed by atoms with Crippen LogP contribution in [-0.4, -0.2) is 71.1 Å². The Labute approximate surface area is 172 Å². The van der Waals surface area contributed by atoms with Gasteiger partial charge in [0.1, 0.15) is 5.69 Å². The number of Topliss-reactive ketones (excluding diaryl/α,β-unsaturated/α-hetero) is 1. The largest absolute Gasteiger partial charge is 0.354 e. The Morgan fingerprint density at radius 2 is 2.00 bits per heavy atom. The molecule has 2 aliphatic rings. The van der Waals surface area contributed by atoms with Crippen LogP contribution in [0.2, 0.25) is 0 Å². The number of ketones is 1. The number of rotatable bonds is 5. The van der Waals surface area contributed by atoms with Gasteiger partial charge in [0.15, 0.2) is 5.78 Å². The van der Waals surface area contributed by atoms with Crippen LogP contribution in [0.25, 0.3) is 0 Å². The molecule has 2 fully saturated rings. The molecule has 2 aliphatic heterocycles. The first-order chi connectivity index (χ1) is 12.9. The molecular formula is C20H31ClN4O3. The maximum absolute atomic E-state index is 13.3. The number of H-pyrrole nitrogens is 1. The summed E-state index contributed by atoms with van der Waals surface area (Å²) in [6, 6.07) is 0.0789. The number of halogens is 1. The van der Waals surface area contributed by atoms with Crippen molar-refractivity contribution in [3.63, 3.8) is 0 Å². The summed E-state index contributed by atoms with van der Waals surface area (Å²) in [5.41, 5.74) is 2.81. The summed E-state index contributed by atoms with van der Waals surface area (Å²) in [5.74, 6) is 0.0531. The van der Waals surface area contributed by atoms with Crippen LogP contribution in [0.4, 0.5) is 0 Å². The predicted octanol–water partition coefficient (Wildman–Crippen LogP) is 1.94. The van der Waals surface area contributed by atoms with Crippen LogP contribution in [-0.2, 0) is 11.2 Å². The molecule has 1 unspecified atom stereocenters. The Bertz CT molecular complexity index is 746. The first-order valence-electron chi connectivity index (χ1n) is 9.95. The van der Waals surface area contributed by atoms with Gasteiger partial charge in [0.05, 0.1) is 6.54 Å². The van der Waals surface area contributed by atoms with E-state index in [2.05, 4.69) is 10.3 Å². The summed E-state index contributed by atoms with van der Waals surface area (Å²) in [6.45, 7) is 8.58. The van der Waals surface area contributed by atoms with Crippen molar-refractivity contribution in [2.75, 3.05) is 32.7 Å². The molecule has 1 aromatic rings. The highest BCUT2D eigenvalue weighted by Gasteiger charge is 2.33. The Kier molecular flexibility index (Phi) is 7.66. The number of amides is 2. The summed E-state index contributed by atoms with van der Waals surface area (Å²) >= 11 is 0. The third kappa shape index (κ3) is 4.41. The highest BCUT2D eigenvalue weighted by Crippen LogP contribution is 2.25. The fourth-order valence-electron chi connectivity index (χ4n) is 4.39. The van der Waals surface area contributed by atoms with Gasteiger partial charge in [-0.1, -0.05) is 13.3 Å². The van der Waals surface area contributed by atoms with E-state index in [0.717, 1.165) is 37.1 Å². The van der Waals surface area contributed by atoms with Gasteiger partial charge in [0, 0.05) is 43.5 Å². The molecule has 156 valence electrons. The number of nitrogens with zero attached hydrogens (tertiary/aromatic N) is 2. The highest BCUT2D eigenvalue weighted by atomic mass is 35.5. The molecule has 28 heavy (non-hydrogen) atoms. The van der Waals surface area contributed by atoms with Crippen LogP contribution in [0.5, 0.6) is 0 Å². The Morgan fingerprint density at radius 3 is 2.64 bits per heavy atom. The summed E-state index contributed by atoms with van der Waals surface area (Å²) < 4.78 is 0. The van der Waals surface area contributed by atoms with Gasteiger partial charge in [0.2, 0.25) is 5.91 Å². The summed E-state index contributed by atoms with van der Waals surface area (Å²) in [7, 11) is 0. The first kappa shape index (κ1) is 22.4. The second kappa shape index (κ2) is 9.56. The second-order valence-electron chi connectivity index (χ2n) is 7.60. The molecule has 2 amide bonds. The summed E-state index contributed by atoms with van der Waals surface area (Å²) in [5, 5.41) is 3.10. The Morgan fingerprint density at radius 1 is 1.25 bits per heavy atom. The van der Waals surface area contributed by atoms with Crippen LogP contribution in [0.1, 0.15) is 65.2 Å². The van der Waals surface area contributed by atoms with Crippen molar-refractivity contribution in [2.45, 2.75) is 52.5 Å². The number of carbonyl (C=O) groups excluding carboxylic acids is 3. The Hall–Kier alpha value is -1.86. The van der Waals surface area contributed by atoms with Crippen LogP contribution >= 0.6 is 12.4 Å². The monoisotopic (exact) mass is 410 g/mol. The molecule has 1 aromatic heterocycles. The maximum Gasteiger partial charge on any atom is 0.270 e. The van der Waals surface area contributed by atoms with Crippen LogP contribution < -0.4 is 5.32 Å². The molecule has 7 nitrogen and oxygen atoms in total. The standard InChI is InChI=1S/C20H30N4O3.ClH/c1-4-6-16-18(14(3)25)13(2)22-19(16)20(27)23-9-5-7-15(12-23)24-10-8-21-11-17(24)26;/h15,21-22H,4-12H2,1-3H3;1H. The SMILES string of the molecule is CCCc1c(C(=O)N2CCCC(N3CCNCC3=O)C2)[nH]c(C)c1C(C)=O.Cl. The van der Waals surface area contributed by atoms with Gasteiger partial charge in [0.25, 0.3) is 5.91 Å². The third-order valence-corrected chi connectivity index (χ3v) is 5.61. The third-order valence-electron chi connectivity index (χ3n) is 5.61. The van der Waals surface area contributed by atoms with Crippen molar-refractivity contribution in [3.05, 3.63) is 22.5 Å². The fraction of sp³-hybridized carbons (Fsp3) is 0.650. The van der Waals surface area contributed by atoms with Gasteiger partial charge < -0.3 is 20.1 Å². The lowest BCUT2D eigenvalue weighted by molar-refractivity contribution is -0.135. The summed E-state index contributed by atoms with van der Waals surface area (Å²) in [6.07, 6.45) is 3.39. The number of piperazine rings is 1. The van der Waals surface area contributed by atoms with E-state index in [1.165, 1.54) is 0 Å². The summed E-state index contributed by atoms with van der Waals surface area (Å²) in [4.78, 5) is 44.5. The van der Waals surface area contributed by atoms with Gasteiger partial charge in [-0.05, 0) is 38.7 Å². The number of aromatic amines is 1. The second-order valence-corrected chi connectivity index (χ2v) is 7.60. The zero-order chi connectivity index (χ0) is 19.6. The van der Waals surface area contributed by atoms with E-state index in [9.17, 15) is 14.4 Å². The van der Waals surface area contributed by atoms with Crippen molar-refractivity contribution in [1.29, 1.82) is 0 Å². The van der Waals surface area contributed by atoms with Crippen LogP contribution in [0.15, 0.2) is 0 Å². The molecule has 0 aliphatic carbocycles. The number of likely N-dealkylation sites (tertiary alicyclic amines) is 1. The lowest BCUT2D eigenvalue weighted by atomic mass is 9.99. The topological polar surface area (TPSA) is 85.5 Å². The molecule has 2 N–H and O–H groups in total. The van der Waals surface area contributed by atoms with Crippen molar-refractivity contribution < 1.29 is 14.4 Å². The minimum Gasteiger partial charge on any atom is -0.354 e. The molecule has 0 aromatic carbocycles. The number of piperidine rings is 1. The van der Waals surface area contributed by atoms with E-state index in [-0.39, 0.29) is 36.0 Å². The predicted molar refractivity (Wildman–Crippen MR) is 110 cm³/mol. The van der Waals surface area contributed by atoms with E-state index < -0.39 is 0 Å². The maximum atomic E-state index is 13.3. The van der Waals surface area contributed by atoms with Crippen molar-refractivity contribution in [2.24, 2.45) is 0 Å². The van der Waals surface area contributed by atoms with E-state index in [0.29, 0.717) is 43.9 Å². The Balaban J connectivity index is 0.00000280. The number of aromatic nitrogens is 1. The molecule has 3 heterocycles. The molecule has 0 saturated carbocycles. The lowest BCUT2D eigenvalue weighted by Crippen LogP contribution is -2.57. The normalized spacial score (nSPS) is 20.1. The molecular weight excluding hydrogens is 380 g/mol. The van der Waals surface area contributed by atoms with Gasteiger partial charge in [-0.2, -0.15) is 0 Å². The first-order valence-corrected chi connectivity index (χ1v) is 9.95. The lowest BCUT2D eigenvalue weighted by Gasteiger charge is -2.41.